The molecule has 0 unspecified atom stereocenters. The first kappa shape index (κ1) is 21.9. The lowest BCUT2D eigenvalue weighted by molar-refractivity contribution is -0.277. The van der Waals surface area contributed by atoms with E-state index in [2.05, 4.69) is 0 Å². The minimum Gasteiger partial charge on any atom is -0.504 e. The number of fused-ring (bicyclic) bond motifs is 1. The highest BCUT2D eigenvalue weighted by atomic mass is 16.7. The van der Waals surface area contributed by atoms with Crippen LogP contribution in [0.15, 0.2) is 45.6 Å². The molecule has 1 fully saturated rings. The van der Waals surface area contributed by atoms with Crippen molar-refractivity contribution in [1.29, 1.82) is 0 Å². The van der Waals surface area contributed by atoms with Crippen LogP contribution in [0.2, 0.25) is 0 Å². The molecule has 3 aromatic rings. The van der Waals surface area contributed by atoms with Crippen molar-refractivity contribution in [2.75, 3.05) is 6.61 Å². The maximum atomic E-state index is 12.5. The normalized spacial score (nSPS) is 25.7. The van der Waals surface area contributed by atoms with Crippen molar-refractivity contribution in [2.45, 2.75) is 30.7 Å². The van der Waals surface area contributed by atoms with Crippen molar-refractivity contribution >= 4 is 11.0 Å². The molecule has 1 aromatic heterocycles. The summed E-state index contributed by atoms with van der Waals surface area (Å²) in [6, 6.07) is 7.44. The van der Waals surface area contributed by atoms with Crippen LogP contribution in [0.1, 0.15) is 0 Å². The van der Waals surface area contributed by atoms with Crippen LogP contribution in [-0.2, 0) is 4.74 Å². The fraction of sp³-hybridized carbons (Fsp3) is 0.286. The Balaban J connectivity index is 1.73. The van der Waals surface area contributed by atoms with Crippen LogP contribution in [-0.4, -0.2) is 73.1 Å². The predicted molar refractivity (Wildman–Crippen MR) is 107 cm³/mol. The molecular formula is C21H20O11. The summed E-state index contributed by atoms with van der Waals surface area (Å²) < 4.78 is 16.3. The van der Waals surface area contributed by atoms with Crippen LogP contribution in [0.4, 0.5) is 0 Å². The van der Waals surface area contributed by atoms with Crippen LogP contribution in [0.3, 0.4) is 0 Å². The molecule has 1 aliphatic heterocycles. The number of phenolic OH excluding ortho intramolecular Hbond substituents is 3. The van der Waals surface area contributed by atoms with E-state index in [0.29, 0.717) is 0 Å². The largest absolute Gasteiger partial charge is 0.504 e. The molecule has 0 bridgehead atoms. The van der Waals surface area contributed by atoms with E-state index in [9.17, 15) is 40.5 Å². The molecule has 0 spiro atoms. The third kappa shape index (κ3) is 3.72. The molecule has 7 N–H and O–H groups in total. The number of phenols is 3. The van der Waals surface area contributed by atoms with Gasteiger partial charge < -0.3 is 49.6 Å². The highest BCUT2D eigenvalue weighted by Gasteiger charge is 2.45. The summed E-state index contributed by atoms with van der Waals surface area (Å²) in [5.41, 5.74) is -0.524. The van der Waals surface area contributed by atoms with E-state index in [1.807, 2.05) is 0 Å². The van der Waals surface area contributed by atoms with E-state index in [-0.39, 0.29) is 33.8 Å². The van der Waals surface area contributed by atoms with Crippen molar-refractivity contribution in [1.82, 2.24) is 0 Å². The third-order valence-electron chi connectivity index (χ3n) is 5.19. The van der Waals surface area contributed by atoms with Gasteiger partial charge in [0.05, 0.1) is 12.0 Å². The van der Waals surface area contributed by atoms with Crippen LogP contribution >= 0.6 is 0 Å². The third-order valence-corrected chi connectivity index (χ3v) is 5.19. The Morgan fingerprint density at radius 1 is 0.906 bits per heavy atom. The molecule has 32 heavy (non-hydrogen) atoms. The minimum atomic E-state index is -1.71. The maximum absolute atomic E-state index is 12.5. The smallest absolute Gasteiger partial charge is 0.229 e. The first-order valence-corrected chi connectivity index (χ1v) is 9.50. The lowest BCUT2D eigenvalue weighted by Gasteiger charge is -2.39. The van der Waals surface area contributed by atoms with Crippen LogP contribution < -0.4 is 10.2 Å². The summed E-state index contributed by atoms with van der Waals surface area (Å²) in [5, 5.41) is 69.0. The van der Waals surface area contributed by atoms with Crippen LogP contribution in [0.5, 0.6) is 23.0 Å². The summed E-state index contributed by atoms with van der Waals surface area (Å²) in [6.45, 7) is -0.660. The van der Waals surface area contributed by atoms with Crippen molar-refractivity contribution in [3.63, 3.8) is 0 Å². The highest BCUT2D eigenvalue weighted by Crippen LogP contribution is 2.38. The molecule has 2 heterocycles. The van der Waals surface area contributed by atoms with Crippen molar-refractivity contribution < 1.29 is 49.6 Å². The number of hydrogen-bond acceptors (Lipinski definition) is 11. The summed E-state index contributed by atoms with van der Waals surface area (Å²) in [7, 11) is 0. The van der Waals surface area contributed by atoms with Gasteiger partial charge in [-0.1, -0.05) is 0 Å². The van der Waals surface area contributed by atoms with Gasteiger partial charge in [0, 0.05) is 11.6 Å². The summed E-state index contributed by atoms with van der Waals surface area (Å²) in [6.07, 6.45) is -7.74. The van der Waals surface area contributed by atoms with Gasteiger partial charge in [-0.2, -0.15) is 0 Å². The SMILES string of the molecule is O=c1cc(-c2ccc(O)c(O)c2)oc2c(O)c(O[C@@H]3O[C@@H](CO)[C@@H](O)[C@@H](O)[C@H]3O)ccc12. The molecule has 4 rings (SSSR count). The second-order valence-electron chi connectivity index (χ2n) is 7.28. The lowest BCUT2D eigenvalue weighted by Crippen LogP contribution is -2.60. The molecule has 0 aliphatic carbocycles. The van der Waals surface area contributed by atoms with Gasteiger partial charge in [0.1, 0.15) is 30.2 Å². The Labute approximate surface area is 179 Å². The van der Waals surface area contributed by atoms with Gasteiger partial charge in [0.25, 0.3) is 0 Å². The number of benzene rings is 2. The predicted octanol–water partition coefficient (Wildman–Crippen LogP) is -0.245. The number of aliphatic hydroxyl groups is 4. The van der Waals surface area contributed by atoms with Crippen molar-refractivity contribution in [2.24, 2.45) is 0 Å². The van der Waals surface area contributed by atoms with Gasteiger partial charge in [-0.15, -0.1) is 0 Å². The van der Waals surface area contributed by atoms with Crippen molar-refractivity contribution in [3.05, 3.63) is 46.6 Å². The summed E-state index contributed by atoms with van der Waals surface area (Å²) >= 11 is 0. The Kier molecular flexibility index (Phi) is 5.67. The monoisotopic (exact) mass is 448 g/mol. The second kappa shape index (κ2) is 8.30. The average molecular weight is 448 g/mol. The molecule has 0 saturated carbocycles. The number of rotatable bonds is 4. The summed E-state index contributed by atoms with van der Waals surface area (Å²) in [5.74, 6) is -1.70. The lowest BCUT2D eigenvalue weighted by atomic mass is 9.99. The summed E-state index contributed by atoms with van der Waals surface area (Å²) in [4.78, 5) is 12.5. The average Bonchev–Trinajstić information content (AvgIpc) is 2.77. The Hall–Kier alpha value is -3.35. The zero-order valence-electron chi connectivity index (χ0n) is 16.3. The highest BCUT2D eigenvalue weighted by molar-refractivity contribution is 5.86. The molecule has 5 atom stereocenters. The molecular weight excluding hydrogens is 428 g/mol. The molecule has 0 radical (unpaired) electrons. The van der Waals surface area contributed by atoms with Gasteiger partial charge in [-0.05, 0) is 30.3 Å². The zero-order chi connectivity index (χ0) is 23.2. The van der Waals surface area contributed by atoms with Gasteiger partial charge in [-0.25, -0.2) is 0 Å². The fourth-order valence-corrected chi connectivity index (χ4v) is 3.39. The van der Waals surface area contributed by atoms with E-state index < -0.39 is 54.2 Å². The standard InChI is InChI=1S/C21H20O11/c22-7-15-16(26)18(28)19(29)21(32-15)31-13-4-2-9-11(24)6-14(30-20(9)17(13)27)8-1-3-10(23)12(25)5-8/h1-6,15-16,18-19,21-23,25-29H,7H2/t15-,16+,18+,19+,21+/m0/s1. The first-order valence-electron chi connectivity index (χ1n) is 9.50. The molecule has 2 aromatic carbocycles. The maximum Gasteiger partial charge on any atom is 0.229 e. The molecule has 11 nitrogen and oxygen atoms in total. The van der Waals surface area contributed by atoms with E-state index in [1.165, 1.54) is 30.3 Å². The molecule has 11 heteroatoms. The number of aromatic hydroxyl groups is 3. The van der Waals surface area contributed by atoms with E-state index in [4.69, 9.17) is 13.9 Å². The molecule has 1 saturated heterocycles. The topological polar surface area (TPSA) is 190 Å². The molecule has 170 valence electrons. The van der Waals surface area contributed by atoms with Gasteiger partial charge in [0.15, 0.2) is 28.3 Å². The quantitative estimate of drug-likeness (QED) is 0.261. The minimum absolute atomic E-state index is 0.00963. The number of ether oxygens (including phenoxy) is 2. The Bertz CT molecular complexity index is 1200. The van der Waals surface area contributed by atoms with Crippen LogP contribution in [0.25, 0.3) is 22.3 Å². The van der Waals surface area contributed by atoms with Crippen molar-refractivity contribution in [3.8, 4) is 34.3 Å². The fourth-order valence-electron chi connectivity index (χ4n) is 3.39. The molecule has 0 amide bonds. The van der Waals surface area contributed by atoms with Gasteiger partial charge in [-0.3, -0.25) is 4.79 Å². The van der Waals surface area contributed by atoms with Crippen LogP contribution in [0, 0.1) is 0 Å². The Morgan fingerprint density at radius 3 is 2.34 bits per heavy atom. The first-order chi connectivity index (χ1) is 15.2. The zero-order valence-corrected chi connectivity index (χ0v) is 16.3. The number of hydrogen-bond donors (Lipinski definition) is 7. The Morgan fingerprint density at radius 2 is 1.66 bits per heavy atom. The van der Waals surface area contributed by atoms with E-state index in [1.54, 1.807) is 0 Å². The van der Waals surface area contributed by atoms with E-state index >= 15 is 0 Å². The number of aliphatic hydroxyl groups excluding tert-OH is 4. The van der Waals surface area contributed by atoms with E-state index in [0.717, 1.165) is 6.07 Å². The van der Waals surface area contributed by atoms with Gasteiger partial charge in [0.2, 0.25) is 12.0 Å². The molecule has 1 aliphatic rings. The van der Waals surface area contributed by atoms with Gasteiger partial charge >= 0.3 is 0 Å². The second-order valence-corrected chi connectivity index (χ2v) is 7.28.